The van der Waals surface area contributed by atoms with Gasteiger partial charge in [-0.1, -0.05) is 20.8 Å². The van der Waals surface area contributed by atoms with E-state index in [0.29, 0.717) is 5.56 Å². The van der Waals surface area contributed by atoms with Gasteiger partial charge >= 0.3 is 0 Å². The second kappa shape index (κ2) is 7.81. The van der Waals surface area contributed by atoms with Crippen LogP contribution in [0.1, 0.15) is 65.5 Å². The molecule has 0 radical (unpaired) electrons. The summed E-state index contributed by atoms with van der Waals surface area (Å²) in [5.74, 6) is 1.19. The summed E-state index contributed by atoms with van der Waals surface area (Å²) in [7, 11) is 0. The molecule has 3 rings (SSSR count). The fourth-order valence-corrected chi connectivity index (χ4v) is 3.53. The smallest absolute Gasteiger partial charge is 0.165 e. The van der Waals surface area contributed by atoms with Crippen LogP contribution in [-0.2, 0) is 12.8 Å². The molecule has 4 nitrogen and oxygen atoms in total. The molecule has 4 heteroatoms. The van der Waals surface area contributed by atoms with Crippen molar-refractivity contribution in [2.45, 2.75) is 46.5 Å². The molecule has 1 aliphatic rings. The minimum atomic E-state index is 0.0466. The molecule has 1 aromatic heterocycles. The Labute approximate surface area is 155 Å². The molecular weight excluding hydrogens is 324 g/mol. The van der Waals surface area contributed by atoms with Crippen molar-refractivity contribution in [3.63, 3.8) is 0 Å². The van der Waals surface area contributed by atoms with Gasteiger partial charge in [-0.15, -0.1) is 0 Å². The zero-order chi connectivity index (χ0) is 18.7. The van der Waals surface area contributed by atoms with E-state index >= 15 is 0 Å². The number of ketones is 1. The Bertz CT molecular complexity index is 829. The maximum absolute atomic E-state index is 12.7. The summed E-state index contributed by atoms with van der Waals surface area (Å²) in [5.41, 5.74) is 4.72. The molecule has 0 saturated carbocycles. The Hall–Kier alpha value is -2.49. The molecule has 136 valence electrons. The fraction of sp³-hybridized carbons (Fsp3) is 0.409. The summed E-state index contributed by atoms with van der Waals surface area (Å²) in [6.45, 7) is 7.02. The van der Waals surface area contributed by atoms with Crippen molar-refractivity contribution in [3.8, 4) is 0 Å². The zero-order valence-corrected chi connectivity index (χ0v) is 15.8. The molecule has 1 atom stereocenters. The maximum atomic E-state index is 12.7. The van der Waals surface area contributed by atoms with E-state index in [0.717, 1.165) is 66.7 Å². The first kappa shape index (κ1) is 18.3. The lowest BCUT2D eigenvalue weighted by molar-refractivity contribution is 0.0926. The van der Waals surface area contributed by atoms with Crippen molar-refractivity contribution in [2.75, 3.05) is 11.4 Å². The Kier molecular flexibility index (Phi) is 5.50. The molecule has 1 unspecified atom stereocenters. The van der Waals surface area contributed by atoms with Crippen molar-refractivity contribution in [3.05, 3.63) is 52.7 Å². The molecule has 0 saturated heterocycles. The van der Waals surface area contributed by atoms with Crippen LogP contribution >= 0.6 is 0 Å². The minimum Gasteiger partial charge on any atom is -0.326 e. The second-order valence-corrected chi connectivity index (χ2v) is 6.99. The molecule has 1 aliphatic heterocycles. The molecule has 1 aromatic carbocycles. The number of benzene rings is 1. The average molecular weight is 350 g/mol. The van der Waals surface area contributed by atoms with E-state index in [1.165, 1.54) is 0 Å². The van der Waals surface area contributed by atoms with Gasteiger partial charge in [0.25, 0.3) is 0 Å². The minimum absolute atomic E-state index is 0.0466. The molecular formula is C22H26N2O2. The predicted octanol–water partition coefficient (Wildman–Crippen LogP) is 4.77. The lowest BCUT2D eigenvalue weighted by atomic mass is 9.92. The Morgan fingerprint density at radius 3 is 2.81 bits per heavy atom. The van der Waals surface area contributed by atoms with Gasteiger partial charge in [0.2, 0.25) is 0 Å². The van der Waals surface area contributed by atoms with Gasteiger partial charge in [-0.2, -0.15) is 0 Å². The van der Waals surface area contributed by atoms with Gasteiger partial charge in [-0.05, 0) is 61.1 Å². The second-order valence-electron chi connectivity index (χ2n) is 6.99. The van der Waals surface area contributed by atoms with Crippen molar-refractivity contribution in [1.82, 2.24) is 4.98 Å². The zero-order valence-electron chi connectivity index (χ0n) is 15.8. The van der Waals surface area contributed by atoms with Crippen molar-refractivity contribution in [1.29, 1.82) is 0 Å². The van der Waals surface area contributed by atoms with E-state index in [2.05, 4.69) is 22.9 Å². The number of carbonyl (C=O) groups is 2. The van der Waals surface area contributed by atoms with Crippen LogP contribution in [0.25, 0.3) is 0 Å². The lowest BCUT2D eigenvalue weighted by Gasteiger charge is -2.31. The van der Waals surface area contributed by atoms with Gasteiger partial charge in [0.15, 0.2) is 12.1 Å². The molecule has 26 heavy (non-hydrogen) atoms. The number of nitrogens with zero attached hydrogens (tertiary/aromatic N) is 2. The lowest BCUT2D eigenvalue weighted by Crippen LogP contribution is -2.26. The summed E-state index contributed by atoms with van der Waals surface area (Å²) in [5, 5.41) is 0. The van der Waals surface area contributed by atoms with Crippen LogP contribution in [0.5, 0.6) is 0 Å². The quantitative estimate of drug-likeness (QED) is 0.556. The highest BCUT2D eigenvalue weighted by Crippen LogP contribution is 2.33. The number of hydrogen-bond acceptors (Lipinski definition) is 4. The number of rotatable bonds is 6. The average Bonchev–Trinajstić information content (AvgIpc) is 2.71. The number of anilines is 2. The summed E-state index contributed by atoms with van der Waals surface area (Å²) in [6, 6.07) is 8.05. The molecule has 2 heterocycles. The fourth-order valence-electron chi connectivity index (χ4n) is 3.53. The first-order valence-corrected chi connectivity index (χ1v) is 9.47. The predicted molar refractivity (Wildman–Crippen MR) is 105 cm³/mol. The summed E-state index contributed by atoms with van der Waals surface area (Å²) < 4.78 is 0. The normalized spacial score (nSPS) is 14.7. The number of pyridine rings is 1. The van der Waals surface area contributed by atoms with Crippen LogP contribution in [0.15, 0.2) is 30.5 Å². The SMILES string of the molecule is CCc1cc(N2CCCc3cc(C=O)cnc32)ccc1C(=O)C(C)CC. The first-order chi connectivity index (χ1) is 12.6. The number of aryl methyl sites for hydroxylation is 2. The Morgan fingerprint density at radius 1 is 1.31 bits per heavy atom. The van der Waals surface area contributed by atoms with Crippen LogP contribution < -0.4 is 4.90 Å². The van der Waals surface area contributed by atoms with E-state index in [1.807, 2.05) is 32.0 Å². The summed E-state index contributed by atoms with van der Waals surface area (Å²) in [6.07, 6.45) is 6.11. The number of Topliss-reactive ketones (excluding diaryl/α,β-unsaturated/α-hetero) is 1. The van der Waals surface area contributed by atoms with Gasteiger partial charge in [0.1, 0.15) is 5.82 Å². The maximum Gasteiger partial charge on any atom is 0.165 e. The van der Waals surface area contributed by atoms with E-state index < -0.39 is 0 Å². The standard InChI is InChI=1S/C22H26N2O2/c1-4-15(3)21(26)20-9-8-19(12-17(20)5-2)24-10-6-7-18-11-16(14-25)13-23-22(18)24/h8-9,11-15H,4-7,10H2,1-3H3. The third kappa shape index (κ3) is 3.41. The monoisotopic (exact) mass is 350 g/mol. The van der Waals surface area contributed by atoms with Gasteiger partial charge in [0, 0.05) is 35.5 Å². The number of fused-ring (bicyclic) bond motifs is 1. The first-order valence-electron chi connectivity index (χ1n) is 9.47. The Morgan fingerprint density at radius 2 is 2.12 bits per heavy atom. The van der Waals surface area contributed by atoms with Crippen LogP contribution in [0.3, 0.4) is 0 Å². The van der Waals surface area contributed by atoms with Crippen LogP contribution in [0.2, 0.25) is 0 Å². The van der Waals surface area contributed by atoms with Crippen molar-refractivity contribution in [2.24, 2.45) is 5.92 Å². The van der Waals surface area contributed by atoms with Gasteiger partial charge in [0.05, 0.1) is 0 Å². The molecule has 0 fully saturated rings. The van der Waals surface area contributed by atoms with E-state index in [9.17, 15) is 9.59 Å². The molecule has 0 aliphatic carbocycles. The number of aromatic nitrogens is 1. The van der Waals surface area contributed by atoms with Crippen LogP contribution in [-0.4, -0.2) is 23.6 Å². The molecule has 0 N–H and O–H groups in total. The third-order valence-corrected chi connectivity index (χ3v) is 5.29. The molecule has 0 amide bonds. The Balaban J connectivity index is 1.99. The summed E-state index contributed by atoms with van der Waals surface area (Å²) in [4.78, 5) is 30.4. The van der Waals surface area contributed by atoms with Crippen LogP contribution in [0, 0.1) is 5.92 Å². The highest BCUT2D eigenvalue weighted by atomic mass is 16.1. The molecule has 0 spiro atoms. The van der Waals surface area contributed by atoms with E-state index in [-0.39, 0.29) is 11.7 Å². The van der Waals surface area contributed by atoms with E-state index in [4.69, 9.17) is 0 Å². The topological polar surface area (TPSA) is 50.3 Å². The number of aldehydes is 1. The van der Waals surface area contributed by atoms with Gasteiger partial charge in [-0.3, -0.25) is 9.59 Å². The highest BCUT2D eigenvalue weighted by molar-refractivity contribution is 5.99. The van der Waals surface area contributed by atoms with Gasteiger partial charge in [-0.25, -0.2) is 4.98 Å². The molecule has 0 bridgehead atoms. The van der Waals surface area contributed by atoms with Crippen molar-refractivity contribution >= 4 is 23.6 Å². The summed E-state index contributed by atoms with van der Waals surface area (Å²) >= 11 is 0. The van der Waals surface area contributed by atoms with E-state index in [1.54, 1.807) is 6.20 Å². The van der Waals surface area contributed by atoms with Gasteiger partial charge < -0.3 is 4.90 Å². The largest absolute Gasteiger partial charge is 0.326 e. The third-order valence-electron chi connectivity index (χ3n) is 5.29. The molecule has 2 aromatic rings. The van der Waals surface area contributed by atoms with Crippen molar-refractivity contribution < 1.29 is 9.59 Å². The highest BCUT2D eigenvalue weighted by Gasteiger charge is 2.22. The number of carbonyl (C=O) groups excluding carboxylic acids is 2. The number of hydrogen-bond donors (Lipinski definition) is 0. The van der Waals surface area contributed by atoms with Crippen LogP contribution in [0.4, 0.5) is 11.5 Å².